The highest BCUT2D eigenvalue weighted by molar-refractivity contribution is 5.29. The molecule has 0 aliphatic rings. The largest absolute Gasteiger partial charge is 0.311 e. The molecule has 0 radical (unpaired) electrons. The summed E-state index contributed by atoms with van der Waals surface area (Å²) in [6.45, 7) is 3.71. The summed E-state index contributed by atoms with van der Waals surface area (Å²) in [6, 6.07) is 11.6. The molecule has 24 heavy (non-hydrogen) atoms. The van der Waals surface area contributed by atoms with Gasteiger partial charge in [-0.3, -0.25) is 9.89 Å². The first-order valence-corrected chi connectivity index (χ1v) is 8.48. The smallest absolute Gasteiger partial charge is 0.274 e. The zero-order chi connectivity index (χ0) is 16.8. The minimum absolute atomic E-state index is 0.128. The van der Waals surface area contributed by atoms with Crippen molar-refractivity contribution in [1.82, 2.24) is 24.9 Å². The normalized spacial score (nSPS) is 11.2. The lowest BCUT2D eigenvalue weighted by molar-refractivity contribution is 0.609. The van der Waals surface area contributed by atoms with Gasteiger partial charge in [0, 0.05) is 19.0 Å². The molecule has 2 N–H and O–H groups in total. The third kappa shape index (κ3) is 4.08. The van der Waals surface area contributed by atoms with Crippen molar-refractivity contribution in [3.8, 4) is 0 Å². The van der Waals surface area contributed by atoms with Gasteiger partial charge < -0.3 is 5.32 Å². The number of hydrogen-bond donors (Lipinski definition) is 2. The molecule has 6 heteroatoms. The highest BCUT2D eigenvalue weighted by atomic mass is 16.1. The maximum atomic E-state index is 12.2. The minimum Gasteiger partial charge on any atom is -0.311 e. The number of rotatable bonds is 8. The molecule has 2 heterocycles. The van der Waals surface area contributed by atoms with Crippen molar-refractivity contribution in [3.63, 3.8) is 0 Å². The average Bonchev–Trinajstić information content (AvgIpc) is 2.99. The van der Waals surface area contributed by atoms with E-state index in [4.69, 9.17) is 0 Å². The fraction of sp³-hybridized carbons (Fsp3) is 0.389. The summed E-state index contributed by atoms with van der Waals surface area (Å²) in [7, 11) is 0. The molecule has 0 amide bonds. The first kappa shape index (κ1) is 16.4. The van der Waals surface area contributed by atoms with Gasteiger partial charge in [0.05, 0.1) is 5.69 Å². The van der Waals surface area contributed by atoms with Gasteiger partial charge in [-0.05, 0) is 18.5 Å². The number of unbranched alkanes of at least 4 members (excludes halogenated alkanes) is 2. The molecule has 1 aromatic carbocycles. The van der Waals surface area contributed by atoms with Crippen LogP contribution in [-0.2, 0) is 13.0 Å². The second-order valence-corrected chi connectivity index (χ2v) is 5.94. The van der Waals surface area contributed by atoms with Crippen molar-refractivity contribution in [1.29, 1.82) is 0 Å². The van der Waals surface area contributed by atoms with Gasteiger partial charge >= 0.3 is 0 Å². The standard InChI is InChI=1S/C18H23N5O/c1-2-3-7-10-19-13-15-12-17(24)23-18(20-15)21-16(22-23)11-14-8-5-4-6-9-14/h4-6,8-9,12,19H,2-3,7,10-11,13H2,1H3,(H,20,21,22). The van der Waals surface area contributed by atoms with E-state index in [2.05, 4.69) is 27.3 Å². The van der Waals surface area contributed by atoms with Crippen LogP contribution in [0.5, 0.6) is 0 Å². The van der Waals surface area contributed by atoms with Gasteiger partial charge in [0.1, 0.15) is 5.82 Å². The number of nitrogens with one attached hydrogen (secondary N) is 2. The maximum absolute atomic E-state index is 12.2. The van der Waals surface area contributed by atoms with E-state index in [9.17, 15) is 4.79 Å². The van der Waals surface area contributed by atoms with Gasteiger partial charge in [-0.25, -0.2) is 4.98 Å². The Labute approximate surface area is 141 Å². The highest BCUT2D eigenvalue weighted by Gasteiger charge is 2.08. The molecular weight excluding hydrogens is 302 g/mol. The summed E-state index contributed by atoms with van der Waals surface area (Å²) in [5, 5.41) is 6.36. The number of aromatic amines is 1. The van der Waals surface area contributed by atoms with Crippen molar-refractivity contribution >= 4 is 5.78 Å². The number of aromatic nitrogens is 4. The maximum Gasteiger partial charge on any atom is 0.274 e. The summed E-state index contributed by atoms with van der Waals surface area (Å²) >= 11 is 0. The summed E-state index contributed by atoms with van der Waals surface area (Å²) < 4.78 is 1.40. The van der Waals surface area contributed by atoms with E-state index in [1.54, 1.807) is 6.07 Å². The van der Waals surface area contributed by atoms with Crippen molar-refractivity contribution in [2.75, 3.05) is 6.54 Å². The van der Waals surface area contributed by atoms with Crippen molar-refractivity contribution in [2.24, 2.45) is 0 Å². The molecule has 3 aromatic rings. The van der Waals surface area contributed by atoms with Crippen molar-refractivity contribution in [2.45, 2.75) is 39.2 Å². The Balaban J connectivity index is 1.72. The lowest BCUT2D eigenvalue weighted by atomic mass is 10.1. The second-order valence-electron chi connectivity index (χ2n) is 5.94. The van der Waals surface area contributed by atoms with E-state index in [0.717, 1.165) is 30.0 Å². The van der Waals surface area contributed by atoms with Gasteiger partial charge in [-0.2, -0.15) is 9.50 Å². The van der Waals surface area contributed by atoms with Crippen LogP contribution in [0.3, 0.4) is 0 Å². The molecule has 0 saturated heterocycles. The van der Waals surface area contributed by atoms with Crippen molar-refractivity contribution < 1.29 is 0 Å². The van der Waals surface area contributed by atoms with E-state index in [-0.39, 0.29) is 5.56 Å². The van der Waals surface area contributed by atoms with E-state index in [0.29, 0.717) is 18.7 Å². The quantitative estimate of drug-likeness (QED) is 0.623. The third-order valence-electron chi connectivity index (χ3n) is 3.91. The van der Waals surface area contributed by atoms with Crippen LogP contribution >= 0.6 is 0 Å². The van der Waals surface area contributed by atoms with Crippen LogP contribution in [0.2, 0.25) is 0 Å². The first-order valence-electron chi connectivity index (χ1n) is 8.48. The van der Waals surface area contributed by atoms with Crippen LogP contribution in [0.25, 0.3) is 5.78 Å². The summed E-state index contributed by atoms with van der Waals surface area (Å²) in [4.78, 5) is 21.2. The molecular formula is C18H23N5O. The number of hydrogen-bond acceptors (Lipinski definition) is 4. The molecule has 0 aliphatic heterocycles. The number of fused-ring (bicyclic) bond motifs is 1. The Bertz CT molecular complexity index is 837. The Kier molecular flexibility index (Phi) is 5.38. The molecule has 0 unspecified atom stereocenters. The van der Waals surface area contributed by atoms with Crippen LogP contribution in [-0.4, -0.2) is 26.1 Å². The number of benzene rings is 1. The molecule has 0 saturated carbocycles. The van der Waals surface area contributed by atoms with Crippen LogP contribution in [0.15, 0.2) is 41.2 Å². The Morgan fingerprint density at radius 1 is 1.17 bits per heavy atom. The first-order chi connectivity index (χ1) is 11.8. The molecule has 0 spiro atoms. The molecule has 0 fully saturated rings. The summed E-state index contributed by atoms with van der Waals surface area (Å²) in [5.41, 5.74) is 1.74. The van der Waals surface area contributed by atoms with E-state index in [1.165, 1.54) is 17.4 Å². The van der Waals surface area contributed by atoms with Crippen LogP contribution in [0.1, 0.15) is 43.3 Å². The Hall–Kier alpha value is -2.47. The molecule has 0 atom stereocenters. The van der Waals surface area contributed by atoms with Crippen LogP contribution in [0.4, 0.5) is 0 Å². The number of H-pyrrole nitrogens is 1. The van der Waals surface area contributed by atoms with Crippen LogP contribution < -0.4 is 10.9 Å². The van der Waals surface area contributed by atoms with Gasteiger partial charge in [-0.1, -0.05) is 50.1 Å². The zero-order valence-electron chi connectivity index (χ0n) is 14.0. The van der Waals surface area contributed by atoms with E-state index < -0.39 is 0 Å². The van der Waals surface area contributed by atoms with Crippen molar-refractivity contribution in [3.05, 3.63) is 63.8 Å². The Morgan fingerprint density at radius 2 is 2.00 bits per heavy atom. The molecule has 0 aliphatic carbocycles. The van der Waals surface area contributed by atoms with Crippen LogP contribution in [0, 0.1) is 0 Å². The van der Waals surface area contributed by atoms with E-state index in [1.807, 2.05) is 30.3 Å². The van der Waals surface area contributed by atoms with Gasteiger partial charge in [0.2, 0.25) is 0 Å². The van der Waals surface area contributed by atoms with E-state index >= 15 is 0 Å². The predicted octanol–water partition coefficient (Wildman–Crippen LogP) is 2.29. The fourth-order valence-corrected chi connectivity index (χ4v) is 2.65. The molecule has 2 aromatic heterocycles. The molecule has 3 rings (SSSR count). The lowest BCUT2D eigenvalue weighted by Crippen LogP contribution is -2.20. The van der Waals surface area contributed by atoms with Gasteiger partial charge in [0.25, 0.3) is 11.3 Å². The topological polar surface area (TPSA) is 75.1 Å². The summed E-state index contributed by atoms with van der Waals surface area (Å²) in [6.07, 6.45) is 4.20. The zero-order valence-corrected chi connectivity index (χ0v) is 14.0. The SMILES string of the molecule is CCCCCNCc1cc(=O)n2[nH]c(Cc3ccccc3)nc2n1. The monoisotopic (exact) mass is 325 g/mol. The Morgan fingerprint density at radius 3 is 2.79 bits per heavy atom. The molecule has 6 nitrogen and oxygen atoms in total. The molecule has 126 valence electrons. The number of nitrogens with zero attached hydrogens (tertiary/aromatic N) is 3. The second kappa shape index (κ2) is 7.88. The highest BCUT2D eigenvalue weighted by Crippen LogP contribution is 2.06. The van der Waals surface area contributed by atoms with Gasteiger partial charge in [-0.15, -0.1) is 0 Å². The minimum atomic E-state index is -0.128. The fourth-order valence-electron chi connectivity index (χ4n) is 2.65. The lowest BCUT2D eigenvalue weighted by Gasteiger charge is -2.03. The van der Waals surface area contributed by atoms with Gasteiger partial charge in [0.15, 0.2) is 0 Å². The third-order valence-corrected chi connectivity index (χ3v) is 3.91. The predicted molar refractivity (Wildman–Crippen MR) is 94.1 cm³/mol. The average molecular weight is 325 g/mol. The summed E-state index contributed by atoms with van der Waals surface area (Å²) in [5.74, 6) is 1.16. The molecule has 0 bridgehead atoms.